The highest BCUT2D eigenvalue weighted by atomic mass is 32.2. The molecule has 0 radical (unpaired) electrons. The van der Waals surface area contributed by atoms with E-state index >= 15 is 0 Å². The summed E-state index contributed by atoms with van der Waals surface area (Å²) >= 11 is 0. The SMILES string of the molecule is CC(C)(C)C1CC([C@H]2C[C@H]2COCc2cc(F)c(S(C)(=O)=O)c(F)c2)CCN1C(=O)O. The van der Waals surface area contributed by atoms with Crippen molar-refractivity contribution in [1.29, 1.82) is 0 Å². The highest BCUT2D eigenvalue weighted by Gasteiger charge is 2.48. The normalized spacial score (nSPS) is 26.7. The van der Waals surface area contributed by atoms with Crippen LogP contribution in [0, 0.1) is 34.8 Å². The van der Waals surface area contributed by atoms with E-state index in [1.54, 1.807) is 4.90 Å². The lowest BCUT2D eigenvalue weighted by atomic mass is 9.75. The Morgan fingerprint density at radius 2 is 1.84 bits per heavy atom. The number of nitrogens with zero attached hydrogens (tertiary/aromatic N) is 1. The number of sulfone groups is 1. The van der Waals surface area contributed by atoms with Gasteiger partial charge in [0.1, 0.15) is 16.5 Å². The molecule has 1 aromatic carbocycles. The number of ether oxygens (including phenoxy) is 1. The second-order valence-electron chi connectivity index (χ2n) is 9.98. The summed E-state index contributed by atoms with van der Waals surface area (Å²) in [6, 6.07) is 1.98. The lowest BCUT2D eigenvalue weighted by Gasteiger charge is -2.45. The highest BCUT2D eigenvalue weighted by molar-refractivity contribution is 7.90. The maximum Gasteiger partial charge on any atom is 0.407 e. The van der Waals surface area contributed by atoms with Gasteiger partial charge in [-0.3, -0.25) is 0 Å². The highest BCUT2D eigenvalue weighted by Crippen LogP contribution is 2.50. The van der Waals surface area contributed by atoms with Crippen LogP contribution >= 0.6 is 0 Å². The van der Waals surface area contributed by atoms with Gasteiger partial charge in [0.2, 0.25) is 0 Å². The Hall–Kier alpha value is -1.74. The molecule has 1 amide bonds. The van der Waals surface area contributed by atoms with Gasteiger partial charge in [-0.1, -0.05) is 20.8 Å². The summed E-state index contributed by atoms with van der Waals surface area (Å²) in [5.74, 6) is -0.946. The Bertz CT molecular complexity index is 921. The van der Waals surface area contributed by atoms with Gasteiger partial charge < -0.3 is 14.7 Å². The van der Waals surface area contributed by atoms with Crippen molar-refractivity contribution in [3.8, 4) is 0 Å². The molecule has 1 heterocycles. The Morgan fingerprint density at radius 1 is 1.23 bits per heavy atom. The first kappa shape index (κ1) is 23.9. The molecule has 1 saturated carbocycles. The minimum absolute atomic E-state index is 0.00315. The van der Waals surface area contributed by atoms with E-state index in [0.29, 0.717) is 30.9 Å². The summed E-state index contributed by atoms with van der Waals surface area (Å²) in [5.41, 5.74) is 0.117. The fourth-order valence-electron chi connectivity index (χ4n) is 4.85. The molecule has 1 aromatic rings. The quantitative estimate of drug-likeness (QED) is 0.685. The topological polar surface area (TPSA) is 83.9 Å². The molecule has 1 N–H and O–H groups in total. The maximum atomic E-state index is 14.0. The molecular formula is C22H31F2NO5S. The van der Waals surface area contributed by atoms with Crippen LogP contribution < -0.4 is 0 Å². The van der Waals surface area contributed by atoms with Gasteiger partial charge in [-0.25, -0.2) is 22.0 Å². The smallest absolute Gasteiger partial charge is 0.407 e. The van der Waals surface area contributed by atoms with Crippen molar-refractivity contribution < 1.29 is 31.8 Å². The van der Waals surface area contributed by atoms with Gasteiger partial charge >= 0.3 is 6.09 Å². The number of rotatable bonds is 6. The van der Waals surface area contributed by atoms with E-state index in [1.165, 1.54) is 0 Å². The molecule has 0 bridgehead atoms. The average Bonchev–Trinajstić information content (AvgIpc) is 3.38. The largest absolute Gasteiger partial charge is 0.465 e. The summed E-state index contributed by atoms with van der Waals surface area (Å²) in [7, 11) is -3.98. The molecule has 2 fully saturated rings. The van der Waals surface area contributed by atoms with Crippen molar-refractivity contribution in [1.82, 2.24) is 4.90 Å². The van der Waals surface area contributed by atoms with Crippen LogP contribution in [-0.4, -0.2) is 50.0 Å². The predicted octanol–water partition coefficient (Wildman–Crippen LogP) is 4.33. The van der Waals surface area contributed by atoms with Crippen LogP contribution in [-0.2, 0) is 21.2 Å². The van der Waals surface area contributed by atoms with E-state index in [1.807, 2.05) is 0 Å². The predicted molar refractivity (Wildman–Crippen MR) is 111 cm³/mol. The Morgan fingerprint density at radius 3 is 2.35 bits per heavy atom. The molecule has 6 nitrogen and oxygen atoms in total. The number of benzene rings is 1. The number of carboxylic acid groups (broad SMARTS) is 1. The van der Waals surface area contributed by atoms with Crippen molar-refractivity contribution in [2.75, 3.05) is 19.4 Å². The van der Waals surface area contributed by atoms with Gasteiger partial charge in [-0.2, -0.15) is 0 Å². The number of hydrogen-bond donors (Lipinski definition) is 1. The summed E-state index contributed by atoms with van der Waals surface area (Å²) in [6.07, 6.45) is 2.58. The van der Waals surface area contributed by atoms with Crippen molar-refractivity contribution in [2.45, 2.75) is 57.6 Å². The zero-order valence-corrected chi connectivity index (χ0v) is 19.2. The average molecular weight is 460 g/mol. The molecule has 2 aliphatic rings. The molecule has 3 rings (SSSR count). The van der Waals surface area contributed by atoms with Crippen LogP contribution in [0.25, 0.3) is 0 Å². The molecule has 174 valence electrons. The molecule has 31 heavy (non-hydrogen) atoms. The Kier molecular flexibility index (Phi) is 6.68. The van der Waals surface area contributed by atoms with Crippen molar-refractivity contribution in [3.63, 3.8) is 0 Å². The molecule has 0 spiro atoms. The van der Waals surface area contributed by atoms with Crippen LogP contribution in [0.15, 0.2) is 17.0 Å². The zero-order chi connectivity index (χ0) is 23.1. The first-order valence-electron chi connectivity index (χ1n) is 10.5. The van der Waals surface area contributed by atoms with Crippen molar-refractivity contribution in [2.24, 2.45) is 23.2 Å². The van der Waals surface area contributed by atoms with Crippen LogP contribution in [0.3, 0.4) is 0 Å². The third-order valence-corrected chi connectivity index (χ3v) is 7.63. The molecular weight excluding hydrogens is 428 g/mol. The zero-order valence-electron chi connectivity index (χ0n) is 18.4. The third kappa shape index (κ3) is 5.55. The van der Waals surface area contributed by atoms with E-state index in [-0.39, 0.29) is 23.6 Å². The number of carbonyl (C=O) groups is 1. The summed E-state index contributed by atoms with van der Waals surface area (Å²) in [5, 5.41) is 9.51. The van der Waals surface area contributed by atoms with Crippen LogP contribution in [0.2, 0.25) is 0 Å². The summed E-state index contributed by atoms with van der Waals surface area (Å²) in [6.45, 7) is 7.20. The standard InChI is InChI=1S/C22H31F2NO5S/c1-22(2,3)19-10-14(5-6-25(19)21(26)27)16-9-15(16)12-30-11-13-7-17(23)20(18(24)8-13)31(4,28)29/h7-8,14-16,19H,5-6,9-12H2,1-4H3,(H,26,27)/t14?,15-,16+,19?/m0/s1. The monoisotopic (exact) mass is 459 g/mol. The summed E-state index contributed by atoms with van der Waals surface area (Å²) in [4.78, 5) is 12.2. The minimum Gasteiger partial charge on any atom is -0.465 e. The Labute approximate surface area is 182 Å². The number of hydrogen-bond acceptors (Lipinski definition) is 4. The van der Waals surface area contributed by atoms with E-state index in [2.05, 4.69) is 20.8 Å². The first-order chi connectivity index (χ1) is 14.3. The van der Waals surface area contributed by atoms with Gasteiger partial charge in [0, 0.05) is 18.8 Å². The van der Waals surface area contributed by atoms with E-state index < -0.39 is 32.5 Å². The van der Waals surface area contributed by atoms with E-state index in [9.17, 15) is 27.1 Å². The van der Waals surface area contributed by atoms with Gasteiger partial charge in [0.15, 0.2) is 9.84 Å². The Balaban J connectivity index is 1.53. The molecule has 0 aromatic heterocycles. The first-order valence-corrected chi connectivity index (χ1v) is 12.4. The van der Waals surface area contributed by atoms with Gasteiger partial charge in [-0.15, -0.1) is 0 Å². The fraction of sp³-hybridized carbons (Fsp3) is 0.682. The molecule has 4 atom stereocenters. The van der Waals surface area contributed by atoms with Crippen molar-refractivity contribution >= 4 is 15.9 Å². The summed E-state index contributed by atoms with van der Waals surface area (Å²) < 4.78 is 56.6. The van der Waals surface area contributed by atoms with Gasteiger partial charge in [-0.05, 0) is 60.1 Å². The lowest BCUT2D eigenvalue weighted by Crippen LogP contribution is -2.51. The van der Waals surface area contributed by atoms with Gasteiger partial charge in [0.05, 0.1) is 13.2 Å². The number of halogens is 2. The second kappa shape index (κ2) is 8.65. The minimum atomic E-state index is -3.98. The van der Waals surface area contributed by atoms with Gasteiger partial charge in [0.25, 0.3) is 0 Å². The number of likely N-dealkylation sites (tertiary alicyclic amines) is 1. The van der Waals surface area contributed by atoms with Crippen LogP contribution in [0.1, 0.15) is 45.6 Å². The van der Waals surface area contributed by atoms with Crippen LogP contribution in [0.5, 0.6) is 0 Å². The number of amides is 1. The number of piperidine rings is 1. The molecule has 1 saturated heterocycles. The lowest BCUT2D eigenvalue weighted by molar-refractivity contribution is 0.0326. The molecule has 9 heteroatoms. The van der Waals surface area contributed by atoms with Crippen molar-refractivity contribution in [3.05, 3.63) is 29.3 Å². The second-order valence-corrected chi connectivity index (χ2v) is 11.9. The van der Waals surface area contributed by atoms with E-state index in [4.69, 9.17) is 4.74 Å². The van der Waals surface area contributed by atoms with Crippen LogP contribution in [0.4, 0.5) is 13.6 Å². The molecule has 1 aliphatic carbocycles. The molecule has 2 unspecified atom stereocenters. The third-order valence-electron chi connectivity index (χ3n) is 6.50. The van der Waals surface area contributed by atoms with E-state index in [0.717, 1.165) is 37.7 Å². The molecule has 1 aliphatic heterocycles. The fourth-order valence-corrected chi connectivity index (χ4v) is 5.68. The maximum absolute atomic E-state index is 14.0.